The molecular formula is C22H25N3O2. The van der Waals surface area contributed by atoms with E-state index in [9.17, 15) is 4.79 Å². The lowest BCUT2D eigenvalue weighted by Crippen LogP contribution is -2.26. The lowest BCUT2D eigenvalue weighted by atomic mass is 9.85. The van der Waals surface area contributed by atoms with E-state index in [-0.39, 0.29) is 16.7 Å². The molecule has 27 heavy (non-hydrogen) atoms. The van der Waals surface area contributed by atoms with Crippen LogP contribution in [0.2, 0.25) is 0 Å². The Kier molecular flexibility index (Phi) is 4.60. The number of fused-ring (bicyclic) bond motifs is 2. The van der Waals surface area contributed by atoms with Crippen LogP contribution in [0.25, 0.3) is 0 Å². The highest BCUT2D eigenvalue weighted by Gasteiger charge is 2.33. The summed E-state index contributed by atoms with van der Waals surface area (Å²) in [6, 6.07) is 0. The molecular weight excluding hydrogens is 338 g/mol. The van der Waals surface area contributed by atoms with E-state index in [0.29, 0.717) is 12.5 Å². The van der Waals surface area contributed by atoms with Crippen molar-refractivity contribution in [2.45, 2.75) is 39.2 Å². The minimum atomic E-state index is -0.172. The normalized spacial score (nSPS) is 23.4. The van der Waals surface area contributed by atoms with Crippen molar-refractivity contribution in [1.29, 1.82) is 0 Å². The molecule has 1 unspecified atom stereocenters. The third kappa shape index (κ3) is 3.54. The van der Waals surface area contributed by atoms with Gasteiger partial charge in [-0.2, -0.15) is 0 Å². The first-order valence-corrected chi connectivity index (χ1v) is 9.41. The molecule has 1 aromatic heterocycles. The standard InChI is InChI=1S/C22H25N3O2/c1-22-11-9-17(13-22)18(10-12-22)24-21-23-14-19(27-2)20(26)25(21)15-16-7-5-3-4-6-8-16/h3-7,10,12,14H,8-9,11,13,15H2,1-2H3,(H,23,24). The number of anilines is 1. The minimum Gasteiger partial charge on any atom is -0.490 e. The molecule has 0 aromatic carbocycles. The Balaban J connectivity index is 1.68. The van der Waals surface area contributed by atoms with Crippen LogP contribution < -0.4 is 15.6 Å². The molecule has 5 heteroatoms. The van der Waals surface area contributed by atoms with Gasteiger partial charge in [0.05, 0.1) is 19.9 Å². The molecule has 0 spiro atoms. The number of allylic oxidation sites excluding steroid dienone is 9. The molecule has 1 atom stereocenters. The average Bonchev–Trinajstić information content (AvgIpc) is 2.82. The topological polar surface area (TPSA) is 56.1 Å². The molecule has 3 aliphatic carbocycles. The molecule has 1 aromatic rings. The van der Waals surface area contributed by atoms with E-state index in [2.05, 4.69) is 41.5 Å². The second-order valence-electron chi connectivity index (χ2n) is 7.69. The number of methoxy groups -OCH3 is 1. The Morgan fingerprint density at radius 3 is 3.07 bits per heavy atom. The lowest BCUT2D eigenvalue weighted by molar-refractivity contribution is 0.401. The van der Waals surface area contributed by atoms with Gasteiger partial charge in [0.2, 0.25) is 11.7 Å². The number of nitrogens with one attached hydrogen (secondary N) is 1. The molecule has 2 bridgehead atoms. The van der Waals surface area contributed by atoms with Crippen LogP contribution in [0.15, 0.2) is 70.4 Å². The molecule has 0 saturated heterocycles. The molecule has 1 fully saturated rings. The van der Waals surface area contributed by atoms with Crippen molar-refractivity contribution in [3.8, 4) is 5.75 Å². The Labute approximate surface area is 159 Å². The molecule has 3 aliphatic rings. The number of nitrogens with zero attached hydrogens (tertiary/aromatic N) is 2. The second-order valence-corrected chi connectivity index (χ2v) is 7.69. The van der Waals surface area contributed by atoms with Crippen molar-refractivity contribution < 1.29 is 4.74 Å². The van der Waals surface area contributed by atoms with Gasteiger partial charge in [0.1, 0.15) is 0 Å². The molecule has 0 amide bonds. The first-order valence-electron chi connectivity index (χ1n) is 9.41. The van der Waals surface area contributed by atoms with E-state index in [1.807, 2.05) is 18.2 Å². The van der Waals surface area contributed by atoms with Crippen molar-refractivity contribution in [3.05, 3.63) is 75.9 Å². The quantitative estimate of drug-likeness (QED) is 0.855. The van der Waals surface area contributed by atoms with Gasteiger partial charge < -0.3 is 10.1 Å². The van der Waals surface area contributed by atoms with Gasteiger partial charge in [-0.25, -0.2) is 4.98 Å². The van der Waals surface area contributed by atoms with Crippen molar-refractivity contribution in [3.63, 3.8) is 0 Å². The predicted octanol–water partition coefficient (Wildman–Crippen LogP) is 4.12. The van der Waals surface area contributed by atoms with E-state index in [0.717, 1.165) is 30.5 Å². The van der Waals surface area contributed by atoms with Gasteiger partial charge in [-0.3, -0.25) is 9.36 Å². The monoisotopic (exact) mass is 363 g/mol. The zero-order chi connectivity index (χ0) is 18.9. The number of ether oxygens (including phenoxy) is 1. The summed E-state index contributed by atoms with van der Waals surface area (Å²) in [4.78, 5) is 17.4. The van der Waals surface area contributed by atoms with E-state index in [1.54, 1.807) is 4.57 Å². The highest BCUT2D eigenvalue weighted by atomic mass is 16.5. The van der Waals surface area contributed by atoms with Gasteiger partial charge in [-0.05, 0) is 48.3 Å². The third-order valence-corrected chi connectivity index (χ3v) is 5.56. The van der Waals surface area contributed by atoms with E-state index >= 15 is 0 Å². The molecule has 1 saturated carbocycles. The average molecular weight is 363 g/mol. The van der Waals surface area contributed by atoms with E-state index in [4.69, 9.17) is 4.74 Å². The second kappa shape index (κ2) is 7.06. The molecule has 140 valence electrons. The summed E-state index contributed by atoms with van der Waals surface area (Å²) in [6.45, 7) is 2.78. The largest absolute Gasteiger partial charge is 0.490 e. The summed E-state index contributed by atoms with van der Waals surface area (Å²) in [6.07, 6.45) is 20.2. The molecule has 0 aliphatic heterocycles. The van der Waals surface area contributed by atoms with E-state index in [1.165, 1.54) is 25.3 Å². The summed E-state index contributed by atoms with van der Waals surface area (Å²) in [5.41, 5.74) is 3.75. The Morgan fingerprint density at radius 1 is 1.33 bits per heavy atom. The van der Waals surface area contributed by atoms with Crippen LogP contribution in [-0.2, 0) is 6.54 Å². The van der Waals surface area contributed by atoms with Gasteiger partial charge in [0, 0.05) is 5.70 Å². The van der Waals surface area contributed by atoms with E-state index < -0.39 is 0 Å². The van der Waals surface area contributed by atoms with Crippen molar-refractivity contribution in [2.75, 3.05) is 12.4 Å². The number of hydrogen-bond donors (Lipinski definition) is 1. The molecule has 1 N–H and O–H groups in total. The van der Waals surface area contributed by atoms with Crippen LogP contribution in [0.1, 0.15) is 32.6 Å². The molecule has 1 heterocycles. The van der Waals surface area contributed by atoms with Crippen molar-refractivity contribution in [2.24, 2.45) is 5.41 Å². The van der Waals surface area contributed by atoms with Gasteiger partial charge in [0.15, 0.2) is 0 Å². The summed E-state index contributed by atoms with van der Waals surface area (Å²) in [5.74, 6) is 0.813. The summed E-state index contributed by atoms with van der Waals surface area (Å²) in [5, 5.41) is 3.42. The van der Waals surface area contributed by atoms with Crippen LogP contribution in [0.3, 0.4) is 0 Å². The smallest absolute Gasteiger partial charge is 0.297 e. The Hall–Kier alpha value is -2.82. The Bertz CT molecular complexity index is 962. The van der Waals surface area contributed by atoms with Gasteiger partial charge in [-0.1, -0.05) is 43.4 Å². The van der Waals surface area contributed by atoms with Crippen LogP contribution >= 0.6 is 0 Å². The summed E-state index contributed by atoms with van der Waals surface area (Å²) in [7, 11) is 1.50. The van der Waals surface area contributed by atoms with Crippen molar-refractivity contribution >= 4 is 5.95 Å². The highest BCUT2D eigenvalue weighted by molar-refractivity contribution is 5.48. The minimum absolute atomic E-state index is 0.172. The lowest BCUT2D eigenvalue weighted by Gasteiger charge is -2.23. The predicted molar refractivity (Wildman–Crippen MR) is 108 cm³/mol. The maximum Gasteiger partial charge on any atom is 0.297 e. The van der Waals surface area contributed by atoms with Crippen LogP contribution in [0, 0.1) is 5.41 Å². The fraction of sp³-hybridized carbons (Fsp3) is 0.364. The zero-order valence-electron chi connectivity index (χ0n) is 15.9. The Morgan fingerprint density at radius 2 is 2.22 bits per heavy atom. The number of rotatable bonds is 5. The zero-order valence-corrected chi connectivity index (χ0v) is 15.9. The molecule has 5 nitrogen and oxygen atoms in total. The fourth-order valence-corrected chi connectivity index (χ4v) is 3.93. The van der Waals surface area contributed by atoms with Gasteiger partial charge >= 0.3 is 0 Å². The number of hydrogen-bond acceptors (Lipinski definition) is 4. The van der Waals surface area contributed by atoms with Gasteiger partial charge in [-0.15, -0.1) is 0 Å². The first kappa shape index (κ1) is 17.6. The summed E-state index contributed by atoms with van der Waals surface area (Å²) >= 11 is 0. The maximum atomic E-state index is 12.9. The summed E-state index contributed by atoms with van der Waals surface area (Å²) < 4.78 is 6.88. The highest BCUT2D eigenvalue weighted by Crippen LogP contribution is 2.46. The maximum absolute atomic E-state index is 12.9. The number of aromatic nitrogens is 2. The fourth-order valence-electron chi connectivity index (χ4n) is 3.93. The van der Waals surface area contributed by atoms with Crippen LogP contribution in [0.5, 0.6) is 5.75 Å². The third-order valence-electron chi connectivity index (χ3n) is 5.56. The van der Waals surface area contributed by atoms with Gasteiger partial charge in [0.25, 0.3) is 5.56 Å². The van der Waals surface area contributed by atoms with Crippen LogP contribution in [-0.4, -0.2) is 16.7 Å². The molecule has 0 radical (unpaired) electrons. The first-order chi connectivity index (χ1) is 13.1. The molecule has 4 rings (SSSR count). The SMILES string of the molecule is COc1cnc(NC2=C3CCC(C)(C=C2)C3)n(CC2=CC=CC=CC2)c1=O. The van der Waals surface area contributed by atoms with Crippen molar-refractivity contribution in [1.82, 2.24) is 9.55 Å². The van der Waals surface area contributed by atoms with Crippen LogP contribution in [0.4, 0.5) is 5.95 Å².